The quantitative estimate of drug-likeness (QED) is 0.540. The second kappa shape index (κ2) is 10.0. The summed E-state index contributed by atoms with van der Waals surface area (Å²) in [6.07, 6.45) is -0.553. The molecule has 1 unspecified atom stereocenters. The number of rotatable bonds is 5. The number of pyridine rings is 1. The molecule has 0 aliphatic carbocycles. The van der Waals surface area contributed by atoms with Crippen molar-refractivity contribution >= 4 is 17.3 Å². The monoisotopic (exact) mass is 510 g/mol. The Balaban J connectivity index is 1.46. The molecule has 6 nitrogen and oxygen atoms in total. The van der Waals surface area contributed by atoms with Crippen molar-refractivity contribution in [3.63, 3.8) is 0 Å². The van der Waals surface area contributed by atoms with Crippen molar-refractivity contribution < 1.29 is 22.7 Å². The molecule has 1 N–H and O–H groups in total. The predicted octanol–water partition coefficient (Wildman–Crippen LogP) is 4.69. The van der Waals surface area contributed by atoms with E-state index in [0.717, 1.165) is 32.2 Å². The van der Waals surface area contributed by atoms with E-state index in [1.54, 1.807) is 13.0 Å². The molecule has 1 fully saturated rings. The van der Waals surface area contributed by atoms with Crippen LogP contribution in [0.4, 0.5) is 24.5 Å². The van der Waals surface area contributed by atoms with Gasteiger partial charge in [0.25, 0.3) is 5.91 Å². The van der Waals surface area contributed by atoms with Crippen LogP contribution in [-0.2, 0) is 11.2 Å². The van der Waals surface area contributed by atoms with E-state index < -0.39 is 17.7 Å². The summed E-state index contributed by atoms with van der Waals surface area (Å²) in [5.41, 5.74) is 2.13. The fourth-order valence-electron chi connectivity index (χ4n) is 4.90. The van der Waals surface area contributed by atoms with Crippen molar-refractivity contribution in [2.75, 3.05) is 36.0 Å². The first-order valence-corrected chi connectivity index (χ1v) is 12.5. The molecule has 1 atom stereocenters. The standard InChI is InChI=1S/C28H29F3N4O2/c1-16(2)35-25-15-19(14-23(31)27(25)37-17(3)28(35)36)26-21(29)6-5-20(33-26)12-18-4-7-24(22(30)13-18)34-10-8-32-9-11-34/h4-7,13-17,32H,8-12H2,1-3H3. The van der Waals surface area contributed by atoms with Crippen LogP contribution < -0.4 is 19.9 Å². The zero-order chi connectivity index (χ0) is 26.3. The molecular formula is C28H29F3N4O2. The van der Waals surface area contributed by atoms with Gasteiger partial charge in [0.05, 0.1) is 11.4 Å². The molecule has 0 bridgehead atoms. The van der Waals surface area contributed by atoms with Gasteiger partial charge in [0.2, 0.25) is 0 Å². The van der Waals surface area contributed by atoms with Crippen molar-refractivity contribution in [1.82, 2.24) is 10.3 Å². The van der Waals surface area contributed by atoms with Crippen LogP contribution in [0, 0.1) is 17.5 Å². The van der Waals surface area contributed by atoms with Crippen molar-refractivity contribution in [3.05, 3.63) is 71.2 Å². The van der Waals surface area contributed by atoms with Crippen LogP contribution in [-0.4, -0.2) is 49.2 Å². The molecule has 5 rings (SSSR count). The van der Waals surface area contributed by atoms with Gasteiger partial charge < -0.3 is 19.9 Å². The van der Waals surface area contributed by atoms with Crippen LogP contribution in [0.5, 0.6) is 5.75 Å². The fraction of sp³-hybridized carbons (Fsp3) is 0.357. The highest BCUT2D eigenvalue weighted by Crippen LogP contribution is 2.41. The summed E-state index contributed by atoms with van der Waals surface area (Å²) >= 11 is 0. The predicted molar refractivity (Wildman–Crippen MR) is 137 cm³/mol. The largest absolute Gasteiger partial charge is 0.476 e. The van der Waals surface area contributed by atoms with Crippen molar-refractivity contribution in [2.45, 2.75) is 39.3 Å². The molecule has 1 aromatic heterocycles. The summed E-state index contributed by atoms with van der Waals surface area (Å²) in [7, 11) is 0. The van der Waals surface area contributed by atoms with Crippen LogP contribution in [0.15, 0.2) is 42.5 Å². The maximum absolute atomic E-state index is 15.1. The minimum Gasteiger partial charge on any atom is -0.476 e. The van der Waals surface area contributed by atoms with Crippen LogP contribution in [0.25, 0.3) is 11.3 Å². The van der Waals surface area contributed by atoms with Gasteiger partial charge in [0, 0.05) is 49.9 Å². The van der Waals surface area contributed by atoms with E-state index in [1.165, 1.54) is 29.2 Å². The van der Waals surface area contributed by atoms with E-state index in [9.17, 15) is 13.6 Å². The zero-order valence-electron chi connectivity index (χ0n) is 21.0. The second-order valence-corrected chi connectivity index (χ2v) is 9.70. The SMILES string of the molecule is CC1Oc2c(F)cc(-c3nc(Cc4ccc(N5CCNCC5)c(F)c4)ccc3F)cc2N(C(C)C)C1=O. The molecule has 194 valence electrons. The number of aromatic nitrogens is 1. The lowest BCUT2D eigenvalue weighted by atomic mass is 10.0. The molecule has 3 heterocycles. The smallest absolute Gasteiger partial charge is 0.268 e. The lowest BCUT2D eigenvalue weighted by Crippen LogP contribution is -2.48. The van der Waals surface area contributed by atoms with Crippen molar-refractivity contribution in [1.29, 1.82) is 0 Å². The number of nitrogens with zero attached hydrogens (tertiary/aromatic N) is 3. The van der Waals surface area contributed by atoms with Crippen LogP contribution in [0.1, 0.15) is 32.0 Å². The molecule has 0 saturated carbocycles. The second-order valence-electron chi connectivity index (χ2n) is 9.70. The van der Waals surface area contributed by atoms with Gasteiger partial charge in [-0.3, -0.25) is 4.79 Å². The lowest BCUT2D eigenvalue weighted by molar-refractivity contribution is -0.126. The van der Waals surface area contributed by atoms with Gasteiger partial charge in [-0.2, -0.15) is 0 Å². The highest BCUT2D eigenvalue weighted by molar-refractivity contribution is 6.01. The Morgan fingerprint density at radius 3 is 2.46 bits per heavy atom. The Labute approximate surface area is 214 Å². The Bertz CT molecular complexity index is 1340. The summed E-state index contributed by atoms with van der Waals surface area (Å²) < 4.78 is 50.4. The Morgan fingerprint density at radius 2 is 1.76 bits per heavy atom. The first-order valence-electron chi connectivity index (χ1n) is 12.5. The molecule has 0 radical (unpaired) electrons. The van der Waals surface area contributed by atoms with Gasteiger partial charge in [0.1, 0.15) is 17.3 Å². The number of hydrogen-bond acceptors (Lipinski definition) is 5. The third-order valence-corrected chi connectivity index (χ3v) is 6.71. The van der Waals surface area contributed by atoms with Crippen LogP contribution in [0.2, 0.25) is 0 Å². The summed E-state index contributed by atoms with van der Waals surface area (Å²) in [4.78, 5) is 20.6. The molecule has 2 aromatic carbocycles. The zero-order valence-corrected chi connectivity index (χ0v) is 21.0. The number of fused-ring (bicyclic) bond motifs is 1. The number of carbonyl (C=O) groups is 1. The van der Waals surface area contributed by atoms with Crippen molar-refractivity contribution in [3.8, 4) is 17.0 Å². The number of hydrogen-bond donors (Lipinski definition) is 1. The maximum atomic E-state index is 15.1. The summed E-state index contributed by atoms with van der Waals surface area (Å²) in [5.74, 6) is -1.98. The summed E-state index contributed by atoms with van der Waals surface area (Å²) in [5, 5.41) is 3.25. The topological polar surface area (TPSA) is 57.7 Å². The molecule has 0 spiro atoms. The third-order valence-electron chi connectivity index (χ3n) is 6.71. The number of halogens is 3. The number of carbonyl (C=O) groups excluding carboxylic acids is 1. The van der Waals surface area contributed by atoms with E-state index in [4.69, 9.17) is 4.74 Å². The number of benzene rings is 2. The van der Waals surface area contributed by atoms with Gasteiger partial charge >= 0.3 is 0 Å². The van der Waals surface area contributed by atoms with E-state index in [-0.39, 0.29) is 46.9 Å². The van der Waals surface area contributed by atoms with Crippen LogP contribution in [0.3, 0.4) is 0 Å². The Hall–Kier alpha value is -3.59. The molecule has 1 amide bonds. The normalized spacial score (nSPS) is 17.7. The Kier molecular flexibility index (Phi) is 6.81. The van der Waals surface area contributed by atoms with Gasteiger partial charge in [0.15, 0.2) is 17.7 Å². The first kappa shape index (κ1) is 25.1. The Morgan fingerprint density at radius 1 is 1.00 bits per heavy atom. The molecule has 3 aromatic rings. The molecular weight excluding hydrogens is 481 g/mol. The first-order chi connectivity index (χ1) is 17.7. The number of ether oxygens (including phenoxy) is 1. The molecule has 37 heavy (non-hydrogen) atoms. The van der Waals surface area contributed by atoms with E-state index >= 15 is 4.39 Å². The van der Waals surface area contributed by atoms with Crippen LogP contribution >= 0.6 is 0 Å². The molecule has 2 aliphatic rings. The summed E-state index contributed by atoms with van der Waals surface area (Å²) in [6, 6.07) is 10.3. The molecule has 2 aliphatic heterocycles. The minimum atomic E-state index is -0.827. The van der Waals surface area contributed by atoms with E-state index in [1.807, 2.05) is 24.8 Å². The number of nitrogens with one attached hydrogen (secondary N) is 1. The van der Waals surface area contributed by atoms with E-state index in [2.05, 4.69) is 10.3 Å². The van der Waals surface area contributed by atoms with Gasteiger partial charge in [-0.25, -0.2) is 18.2 Å². The lowest BCUT2D eigenvalue weighted by Gasteiger charge is -2.36. The minimum absolute atomic E-state index is 0.0406. The van der Waals surface area contributed by atoms with Gasteiger partial charge in [-0.15, -0.1) is 0 Å². The molecule has 9 heteroatoms. The van der Waals surface area contributed by atoms with E-state index in [0.29, 0.717) is 16.9 Å². The highest BCUT2D eigenvalue weighted by atomic mass is 19.1. The highest BCUT2D eigenvalue weighted by Gasteiger charge is 2.35. The number of amides is 1. The fourth-order valence-corrected chi connectivity index (χ4v) is 4.90. The van der Waals surface area contributed by atoms with Gasteiger partial charge in [-0.05, 0) is 62.7 Å². The molecule has 1 saturated heterocycles. The number of piperazine rings is 1. The average Bonchev–Trinajstić information content (AvgIpc) is 2.87. The maximum Gasteiger partial charge on any atom is 0.268 e. The summed E-state index contributed by atoms with van der Waals surface area (Å²) in [6.45, 7) is 8.28. The van der Waals surface area contributed by atoms with Gasteiger partial charge in [-0.1, -0.05) is 6.07 Å². The van der Waals surface area contributed by atoms with Crippen molar-refractivity contribution in [2.24, 2.45) is 0 Å². The third kappa shape index (κ3) is 4.87. The average molecular weight is 511 g/mol. The number of anilines is 2.